The molecule has 5 aromatic rings. The molecule has 1 aliphatic heterocycles. The van der Waals surface area contributed by atoms with E-state index in [2.05, 4.69) is 26.3 Å². The van der Waals surface area contributed by atoms with Gasteiger partial charge in [0, 0.05) is 35.2 Å². The van der Waals surface area contributed by atoms with E-state index in [9.17, 15) is 39.0 Å². The van der Waals surface area contributed by atoms with Crippen molar-refractivity contribution in [1.29, 1.82) is 0 Å². The number of fused-ring (bicyclic) bond motifs is 5. The summed E-state index contributed by atoms with van der Waals surface area (Å²) in [6.45, 7) is 3.17. The highest BCUT2D eigenvalue weighted by Gasteiger charge is 2.36. The molecule has 6 rings (SSSR count). The lowest BCUT2D eigenvalue weighted by Crippen LogP contribution is -2.56. The molecule has 0 spiro atoms. The lowest BCUT2D eigenvalue weighted by molar-refractivity contribution is -0.141. The Hall–Kier alpha value is -7.04. The standard InChI is InChI=1S/C46H48ClN7O9/c1-25(40(57)45-49-20-21-63-45)50-43(60)36-23-27-7-17-37(55)33(22-27)34-24-31(14-18-38(34)56)39(44(61)51-26(2)41(58)53-36)54(3)46(62)35(6-4-5-19-48)52-42(59)30-10-8-28(9-11-30)29-12-15-32(47)16-13-29/h7-18,20-22,24-26,35-36,39,55-56H,4-6,19,23,48H2,1-3H3,(H,50,60)(H,51,61)(H,52,59)(H,53,58)/t25?,26-,35-,36-,39-/m0/s1. The molecule has 63 heavy (non-hydrogen) atoms. The van der Waals surface area contributed by atoms with Gasteiger partial charge in [0.15, 0.2) is 0 Å². The second-order valence-electron chi connectivity index (χ2n) is 15.3. The molecule has 1 aromatic heterocycles. The van der Waals surface area contributed by atoms with Gasteiger partial charge in [0.1, 0.15) is 41.9 Å². The molecule has 16 nitrogen and oxygen atoms in total. The first kappa shape index (κ1) is 45.5. The number of unbranched alkanes of at least 4 members (excludes halogenated alkanes) is 1. The number of aromatic nitrogens is 1. The number of hydrogen-bond donors (Lipinski definition) is 7. The van der Waals surface area contributed by atoms with Crippen molar-refractivity contribution in [1.82, 2.24) is 31.2 Å². The second-order valence-corrected chi connectivity index (χ2v) is 15.7. The first-order valence-electron chi connectivity index (χ1n) is 20.3. The molecule has 0 saturated carbocycles. The predicted molar refractivity (Wildman–Crippen MR) is 233 cm³/mol. The van der Waals surface area contributed by atoms with Crippen LogP contribution in [-0.2, 0) is 25.6 Å². The second kappa shape index (κ2) is 20.2. The van der Waals surface area contributed by atoms with Crippen molar-refractivity contribution >= 4 is 46.9 Å². The Kier molecular flexibility index (Phi) is 14.6. The molecule has 5 amide bonds. The SMILES string of the molecule is CC(NC(=O)[C@@H]1Cc2ccc(O)c(c2)-c2cc(ccc2O)[C@H](N(C)C(=O)[C@H](CCCCN)NC(=O)c2ccc(-c3ccc(Cl)cc3)cc2)C(=O)N[C@@H](C)C(=O)N1)C(=O)c1ncco1. The number of hydrogen-bond acceptors (Lipinski definition) is 11. The molecule has 4 aromatic carbocycles. The van der Waals surface area contributed by atoms with Crippen molar-refractivity contribution in [2.45, 2.75) is 69.7 Å². The molecule has 328 valence electrons. The Balaban J connectivity index is 1.31. The molecule has 0 fully saturated rings. The van der Waals surface area contributed by atoms with E-state index in [1.807, 2.05) is 12.1 Å². The van der Waals surface area contributed by atoms with Crippen LogP contribution in [0.4, 0.5) is 0 Å². The number of oxazole rings is 1. The van der Waals surface area contributed by atoms with E-state index in [4.69, 9.17) is 21.8 Å². The molecule has 2 heterocycles. The van der Waals surface area contributed by atoms with Crippen LogP contribution in [-0.4, -0.2) is 93.2 Å². The number of phenolic OH excluding ortho intramolecular Hbond substituents is 2. The molecular formula is C46H48ClN7O9. The van der Waals surface area contributed by atoms with Crippen molar-refractivity contribution < 1.29 is 43.4 Å². The smallest absolute Gasteiger partial charge is 0.265 e. The van der Waals surface area contributed by atoms with Gasteiger partial charge >= 0.3 is 0 Å². The summed E-state index contributed by atoms with van der Waals surface area (Å²) in [5, 5.41) is 33.6. The Morgan fingerprint density at radius 2 is 1.54 bits per heavy atom. The number of nitrogens with zero attached hydrogens (tertiary/aromatic N) is 2. The molecule has 1 aliphatic rings. The van der Waals surface area contributed by atoms with Crippen LogP contribution in [0.1, 0.15) is 71.3 Å². The van der Waals surface area contributed by atoms with E-state index >= 15 is 0 Å². The van der Waals surface area contributed by atoms with Crippen LogP contribution in [0.15, 0.2) is 102 Å². The number of carbonyl (C=O) groups is 6. The van der Waals surface area contributed by atoms with E-state index in [1.54, 1.807) is 36.4 Å². The molecular weight excluding hydrogens is 830 g/mol. The minimum atomic E-state index is -1.45. The van der Waals surface area contributed by atoms with Crippen molar-refractivity contribution in [3.63, 3.8) is 0 Å². The number of benzene rings is 4. The number of carbonyl (C=O) groups excluding carboxylic acids is 6. The predicted octanol–water partition coefficient (Wildman–Crippen LogP) is 4.43. The Bertz CT molecular complexity index is 2480. The third-order valence-corrected chi connectivity index (χ3v) is 11.0. The van der Waals surface area contributed by atoms with Gasteiger partial charge in [0.25, 0.3) is 11.8 Å². The molecule has 0 aliphatic carbocycles. The highest BCUT2D eigenvalue weighted by atomic mass is 35.5. The summed E-state index contributed by atoms with van der Waals surface area (Å²) in [7, 11) is 1.38. The van der Waals surface area contributed by atoms with Gasteiger partial charge in [0.05, 0.1) is 12.2 Å². The summed E-state index contributed by atoms with van der Waals surface area (Å²) in [5.74, 6) is -4.84. The molecule has 0 radical (unpaired) electrons. The minimum absolute atomic E-state index is 0.0978. The molecule has 8 N–H and O–H groups in total. The van der Waals surface area contributed by atoms with Crippen LogP contribution in [0.25, 0.3) is 22.3 Å². The molecule has 5 atom stereocenters. The van der Waals surface area contributed by atoms with E-state index < -0.39 is 65.5 Å². The van der Waals surface area contributed by atoms with Gasteiger partial charge in [-0.1, -0.05) is 48.0 Å². The van der Waals surface area contributed by atoms with E-state index in [1.165, 1.54) is 69.8 Å². The highest BCUT2D eigenvalue weighted by molar-refractivity contribution is 6.30. The van der Waals surface area contributed by atoms with E-state index in [0.29, 0.717) is 30.0 Å². The summed E-state index contributed by atoms with van der Waals surface area (Å²) < 4.78 is 5.08. The van der Waals surface area contributed by atoms with E-state index in [0.717, 1.165) is 16.0 Å². The number of nitrogens with one attached hydrogen (secondary N) is 4. The third-order valence-electron chi connectivity index (χ3n) is 10.8. The van der Waals surface area contributed by atoms with Crippen LogP contribution >= 0.6 is 11.6 Å². The van der Waals surface area contributed by atoms with Crippen LogP contribution in [0.5, 0.6) is 11.5 Å². The van der Waals surface area contributed by atoms with Gasteiger partial charge in [-0.25, -0.2) is 4.98 Å². The maximum absolute atomic E-state index is 14.6. The largest absolute Gasteiger partial charge is 0.507 e. The van der Waals surface area contributed by atoms with Gasteiger partial charge in [0.2, 0.25) is 29.4 Å². The van der Waals surface area contributed by atoms with Gasteiger partial charge in [-0.3, -0.25) is 28.8 Å². The Morgan fingerprint density at radius 3 is 2.19 bits per heavy atom. The number of amides is 5. The fraction of sp³-hybridized carbons (Fsp3) is 0.283. The van der Waals surface area contributed by atoms with Gasteiger partial charge in [-0.2, -0.15) is 0 Å². The summed E-state index contributed by atoms with van der Waals surface area (Å²) >= 11 is 6.05. The fourth-order valence-corrected chi connectivity index (χ4v) is 7.37. The third kappa shape index (κ3) is 10.9. The molecule has 0 saturated heterocycles. The zero-order chi connectivity index (χ0) is 45.4. The number of ketones is 1. The van der Waals surface area contributed by atoms with Crippen molar-refractivity contribution in [3.05, 3.63) is 125 Å². The zero-order valence-electron chi connectivity index (χ0n) is 34.8. The van der Waals surface area contributed by atoms with E-state index in [-0.39, 0.29) is 52.5 Å². The summed E-state index contributed by atoms with van der Waals surface area (Å²) in [6, 6.07) is 16.4. The van der Waals surface area contributed by atoms with Crippen molar-refractivity contribution in [3.8, 4) is 33.8 Å². The van der Waals surface area contributed by atoms with Gasteiger partial charge in [-0.05, 0) is 110 Å². The van der Waals surface area contributed by atoms with Crippen molar-refractivity contribution in [2.75, 3.05) is 13.6 Å². The number of Topliss-reactive ketones (excluding diaryl/α,β-unsaturated/α-hetero) is 1. The summed E-state index contributed by atoms with van der Waals surface area (Å²) in [5.41, 5.74) is 8.68. The molecule has 1 unspecified atom stereocenters. The Labute approximate surface area is 368 Å². The lowest BCUT2D eigenvalue weighted by Gasteiger charge is -2.32. The number of halogens is 1. The maximum Gasteiger partial charge on any atom is 0.265 e. The number of aromatic hydroxyl groups is 2. The lowest BCUT2D eigenvalue weighted by atomic mass is 9.93. The zero-order valence-corrected chi connectivity index (χ0v) is 35.5. The quantitative estimate of drug-likeness (QED) is 0.0644. The average molecular weight is 878 g/mol. The van der Waals surface area contributed by atoms with Gasteiger partial charge in [-0.15, -0.1) is 0 Å². The summed E-state index contributed by atoms with van der Waals surface area (Å²) in [4.78, 5) is 88.0. The van der Waals surface area contributed by atoms with Crippen LogP contribution < -0.4 is 27.0 Å². The molecule has 17 heteroatoms. The number of likely N-dealkylation sites (N-methyl/N-ethyl adjacent to an activating group) is 1. The maximum atomic E-state index is 14.6. The first-order valence-corrected chi connectivity index (χ1v) is 20.7. The van der Waals surface area contributed by atoms with Crippen LogP contribution in [0.3, 0.4) is 0 Å². The normalized spacial score (nSPS) is 17.3. The average Bonchev–Trinajstić information content (AvgIpc) is 3.82. The minimum Gasteiger partial charge on any atom is -0.507 e. The van der Waals surface area contributed by atoms with Crippen LogP contribution in [0.2, 0.25) is 5.02 Å². The Morgan fingerprint density at radius 1 is 0.889 bits per heavy atom. The highest BCUT2D eigenvalue weighted by Crippen LogP contribution is 2.39. The number of nitrogens with two attached hydrogens (primary N) is 1. The fourth-order valence-electron chi connectivity index (χ4n) is 7.25. The van der Waals surface area contributed by atoms with Crippen molar-refractivity contribution in [2.24, 2.45) is 5.73 Å². The number of phenols is 2. The summed E-state index contributed by atoms with van der Waals surface area (Å²) in [6.07, 6.45) is 3.56. The first-order chi connectivity index (χ1) is 30.1. The monoisotopic (exact) mass is 877 g/mol. The van der Waals surface area contributed by atoms with Crippen LogP contribution in [0, 0.1) is 0 Å². The topological polar surface area (TPSA) is 246 Å². The number of rotatable bonds is 13. The molecule has 4 bridgehead atoms. The van der Waals surface area contributed by atoms with Gasteiger partial charge < -0.3 is 46.5 Å².